The number of para-hydroxylation sites is 1. The molecule has 0 bridgehead atoms. The molecule has 1 unspecified atom stereocenters. The second-order valence-electron chi connectivity index (χ2n) is 4.36. The summed E-state index contributed by atoms with van der Waals surface area (Å²) in [5.41, 5.74) is 2.17. The lowest BCUT2D eigenvalue weighted by Crippen LogP contribution is -2.20. The number of nitrogens with one attached hydrogen (secondary N) is 2. The van der Waals surface area contributed by atoms with Gasteiger partial charge in [0.1, 0.15) is 0 Å². The maximum absolute atomic E-state index is 11.9. The summed E-state index contributed by atoms with van der Waals surface area (Å²) in [4.78, 5) is 11.9. The van der Waals surface area contributed by atoms with Crippen LogP contribution in [-0.4, -0.2) is 11.1 Å². The molecule has 0 heterocycles. The number of halogens is 1. The van der Waals surface area contributed by atoms with Crippen molar-refractivity contribution in [3.63, 3.8) is 0 Å². The normalized spacial score (nSPS) is 11.8. The molecule has 20 heavy (non-hydrogen) atoms. The lowest BCUT2D eigenvalue weighted by Gasteiger charge is -2.11. The zero-order chi connectivity index (χ0) is 14.5. The summed E-state index contributed by atoms with van der Waals surface area (Å²) in [6.07, 6.45) is -0.560. The first kappa shape index (κ1) is 14.8. The Morgan fingerprint density at radius 2 is 1.90 bits per heavy atom. The number of aliphatic hydroxyl groups excluding tert-OH is 1. The minimum atomic E-state index is -0.560. The van der Waals surface area contributed by atoms with Crippen molar-refractivity contribution in [3.05, 3.63) is 57.7 Å². The van der Waals surface area contributed by atoms with Gasteiger partial charge < -0.3 is 15.7 Å². The fourth-order valence-electron chi connectivity index (χ4n) is 1.72. The zero-order valence-electron chi connectivity index (χ0n) is 10.9. The number of aliphatic hydroxyl groups is 1. The third-order valence-electron chi connectivity index (χ3n) is 2.75. The van der Waals surface area contributed by atoms with Gasteiger partial charge in [0.05, 0.1) is 11.8 Å². The molecular formula is C15H15IN2O2. The van der Waals surface area contributed by atoms with Gasteiger partial charge in [-0.05, 0) is 59.3 Å². The highest BCUT2D eigenvalue weighted by Gasteiger charge is 2.06. The first-order chi connectivity index (χ1) is 9.56. The van der Waals surface area contributed by atoms with Gasteiger partial charge in [-0.1, -0.05) is 24.3 Å². The number of hydrogen-bond acceptors (Lipinski definition) is 2. The van der Waals surface area contributed by atoms with E-state index in [2.05, 4.69) is 33.2 Å². The third-order valence-corrected chi connectivity index (χ3v) is 3.69. The van der Waals surface area contributed by atoms with Crippen LogP contribution in [0.15, 0.2) is 48.5 Å². The summed E-state index contributed by atoms with van der Waals surface area (Å²) in [5, 5.41) is 15.1. The van der Waals surface area contributed by atoms with Crippen molar-refractivity contribution >= 4 is 40.0 Å². The first-order valence-corrected chi connectivity index (χ1v) is 7.24. The average molecular weight is 382 g/mol. The molecule has 0 aliphatic carbocycles. The Hall–Kier alpha value is -1.60. The highest BCUT2D eigenvalue weighted by atomic mass is 127. The molecule has 3 N–H and O–H groups in total. The number of anilines is 2. The molecule has 2 rings (SSSR count). The van der Waals surface area contributed by atoms with E-state index in [4.69, 9.17) is 0 Å². The van der Waals surface area contributed by atoms with Crippen molar-refractivity contribution in [1.29, 1.82) is 0 Å². The molecule has 0 aliphatic rings. The number of benzene rings is 2. The maximum atomic E-state index is 11.9. The number of rotatable bonds is 3. The quantitative estimate of drug-likeness (QED) is 0.704. The molecule has 5 heteroatoms. The lowest BCUT2D eigenvalue weighted by molar-refractivity contribution is 0.199. The predicted molar refractivity (Wildman–Crippen MR) is 88.9 cm³/mol. The topological polar surface area (TPSA) is 61.4 Å². The monoisotopic (exact) mass is 382 g/mol. The largest absolute Gasteiger partial charge is 0.389 e. The molecule has 0 radical (unpaired) electrons. The highest BCUT2D eigenvalue weighted by Crippen LogP contribution is 2.19. The summed E-state index contributed by atoms with van der Waals surface area (Å²) in [6, 6.07) is 14.4. The Labute approximate surface area is 131 Å². The fourth-order valence-corrected chi connectivity index (χ4v) is 2.25. The summed E-state index contributed by atoms with van der Waals surface area (Å²) in [6.45, 7) is 1.69. The van der Waals surface area contributed by atoms with E-state index in [0.29, 0.717) is 5.69 Å². The van der Waals surface area contributed by atoms with Gasteiger partial charge in [0.25, 0.3) is 0 Å². The standard InChI is InChI=1S/C15H15IN2O2/c1-10(19)11-5-4-6-12(9-11)17-15(20)18-14-8-3-2-7-13(14)16/h2-10,19H,1H3,(H2,17,18,20). The first-order valence-electron chi connectivity index (χ1n) is 6.17. The molecule has 2 aromatic carbocycles. The Balaban J connectivity index is 2.05. The van der Waals surface area contributed by atoms with E-state index in [0.717, 1.165) is 14.8 Å². The van der Waals surface area contributed by atoms with Gasteiger partial charge >= 0.3 is 6.03 Å². The van der Waals surface area contributed by atoms with Gasteiger partial charge in [-0.15, -0.1) is 0 Å². The van der Waals surface area contributed by atoms with E-state index in [1.807, 2.05) is 30.3 Å². The molecule has 2 amide bonds. The van der Waals surface area contributed by atoms with E-state index >= 15 is 0 Å². The van der Waals surface area contributed by atoms with Crippen molar-refractivity contribution in [2.24, 2.45) is 0 Å². The lowest BCUT2D eigenvalue weighted by atomic mass is 10.1. The molecule has 104 valence electrons. The number of urea groups is 1. The van der Waals surface area contributed by atoms with Crippen LogP contribution in [0, 0.1) is 3.57 Å². The Morgan fingerprint density at radius 1 is 1.15 bits per heavy atom. The van der Waals surface area contributed by atoms with E-state index in [1.54, 1.807) is 25.1 Å². The summed E-state index contributed by atoms with van der Waals surface area (Å²) in [7, 11) is 0. The van der Waals surface area contributed by atoms with Crippen LogP contribution in [0.4, 0.5) is 16.2 Å². The van der Waals surface area contributed by atoms with Crippen molar-refractivity contribution < 1.29 is 9.90 Å². The second-order valence-corrected chi connectivity index (χ2v) is 5.52. The van der Waals surface area contributed by atoms with Crippen LogP contribution >= 0.6 is 22.6 Å². The fraction of sp³-hybridized carbons (Fsp3) is 0.133. The van der Waals surface area contributed by atoms with Crippen LogP contribution in [0.3, 0.4) is 0 Å². The van der Waals surface area contributed by atoms with Crippen LogP contribution in [0.5, 0.6) is 0 Å². The van der Waals surface area contributed by atoms with Gasteiger partial charge in [0, 0.05) is 9.26 Å². The van der Waals surface area contributed by atoms with E-state index in [-0.39, 0.29) is 6.03 Å². The number of amides is 2. The second kappa shape index (κ2) is 6.71. The minimum Gasteiger partial charge on any atom is -0.389 e. The van der Waals surface area contributed by atoms with Crippen molar-refractivity contribution in [1.82, 2.24) is 0 Å². The average Bonchev–Trinajstić information content (AvgIpc) is 2.41. The minimum absolute atomic E-state index is 0.308. The summed E-state index contributed by atoms with van der Waals surface area (Å²) in [5.74, 6) is 0. The molecule has 0 saturated carbocycles. The highest BCUT2D eigenvalue weighted by molar-refractivity contribution is 14.1. The van der Waals surface area contributed by atoms with E-state index < -0.39 is 6.10 Å². The SMILES string of the molecule is CC(O)c1cccc(NC(=O)Nc2ccccc2I)c1. The zero-order valence-corrected chi connectivity index (χ0v) is 13.1. The van der Waals surface area contributed by atoms with Crippen molar-refractivity contribution in [2.45, 2.75) is 13.0 Å². The smallest absolute Gasteiger partial charge is 0.323 e. The summed E-state index contributed by atoms with van der Waals surface area (Å²) >= 11 is 2.16. The number of carbonyl (C=O) groups is 1. The molecule has 0 spiro atoms. The molecule has 0 aromatic heterocycles. The van der Waals surface area contributed by atoms with Gasteiger partial charge in [-0.2, -0.15) is 0 Å². The number of carbonyl (C=O) groups excluding carboxylic acids is 1. The van der Waals surface area contributed by atoms with Gasteiger partial charge in [-0.3, -0.25) is 0 Å². The van der Waals surface area contributed by atoms with Crippen LogP contribution in [-0.2, 0) is 0 Å². The van der Waals surface area contributed by atoms with Crippen molar-refractivity contribution in [3.8, 4) is 0 Å². The number of hydrogen-bond donors (Lipinski definition) is 3. The van der Waals surface area contributed by atoms with Gasteiger partial charge in [0.15, 0.2) is 0 Å². The Morgan fingerprint density at radius 3 is 2.60 bits per heavy atom. The van der Waals surface area contributed by atoms with Crippen LogP contribution in [0.2, 0.25) is 0 Å². The van der Waals surface area contributed by atoms with E-state index in [1.165, 1.54) is 0 Å². The molecule has 0 aliphatic heterocycles. The molecule has 0 saturated heterocycles. The van der Waals surface area contributed by atoms with Crippen LogP contribution in [0.25, 0.3) is 0 Å². The van der Waals surface area contributed by atoms with E-state index in [9.17, 15) is 9.90 Å². The predicted octanol–water partition coefficient (Wildman–Crippen LogP) is 3.99. The van der Waals surface area contributed by atoms with Gasteiger partial charge in [-0.25, -0.2) is 4.79 Å². The van der Waals surface area contributed by atoms with Gasteiger partial charge in [0.2, 0.25) is 0 Å². The Bertz CT molecular complexity index is 614. The molecular weight excluding hydrogens is 367 g/mol. The third kappa shape index (κ3) is 3.94. The molecule has 2 aromatic rings. The van der Waals surface area contributed by atoms with Crippen LogP contribution < -0.4 is 10.6 Å². The molecule has 4 nitrogen and oxygen atoms in total. The maximum Gasteiger partial charge on any atom is 0.323 e. The van der Waals surface area contributed by atoms with Crippen LogP contribution in [0.1, 0.15) is 18.6 Å². The molecule has 0 fully saturated rings. The molecule has 1 atom stereocenters. The summed E-state index contributed by atoms with van der Waals surface area (Å²) < 4.78 is 0.970. The van der Waals surface area contributed by atoms with Crippen molar-refractivity contribution in [2.75, 3.05) is 10.6 Å². The Kier molecular flexibility index (Phi) is 4.97.